The van der Waals surface area contributed by atoms with Gasteiger partial charge in [0.15, 0.2) is 0 Å². The summed E-state index contributed by atoms with van der Waals surface area (Å²) in [7, 11) is 0. The zero-order valence-electron chi connectivity index (χ0n) is 10.3. The minimum absolute atomic E-state index is 0.291. The van der Waals surface area contributed by atoms with Crippen LogP contribution in [0, 0.1) is 11.7 Å². The SMILES string of the molecule is CCCC(C)CC(C)(O)c1cccc(F)c1. The highest BCUT2D eigenvalue weighted by Crippen LogP contribution is 2.30. The fourth-order valence-corrected chi connectivity index (χ4v) is 2.21. The normalized spacial score (nSPS) is 16.8. The molecule has 0 amide bonds. The Hall–Kier alpha value is -0.890. The Bertz CT molecular complexity index is 333. The maximum atomic E-state index is 13.1. The number of hydrogen-bond acceptors (Lipinski definition) is 1. The minimum atomic E-state index is -0.934. The topological polar surface area (TPSA) is 20.2 Å². The van der Waals surface area contributed by atoms with Crippen LogP contribution >= 0.6 is 0 Å². The summed E-state index contributed by atoms with van der Waals surface area (Å²) < 4.78 is 13.1. The Balaban J connectivity index is 2.76. The number of halogens is 1. The predicted molar refractivity (Wildman–Crippen MR) is 64.7 cm³/mol. The number of hydrogen-bond donors (Lipinski definition) is 1. The molecule has 0 aliphatic carbocycles. The molecule has 1 nitrogen and oxygen atoms in total. The lowest BCUT2D eigenvalue weighted by Crippen LogP contribution is -2.24. The highest BCUT2D eigenvalue weighted by Gasteiger charge is 2.25. The van der Waals surface area contributed by atoms with Gasteiger partial charge in [-0.1, -0.05) is 38.8 Å². The van der Waals surface area contributed by atoms with Gasteiger partial charge in [0.05, 0.1) is 5.60 Å². The maximum Gasteiger partial charge on any atom is 0.123 e. The summed E-state index contributed by atoms with van der Waals surface area (Å²) in [5.74, 6) is 0.157. The highest BCUT2D eigenvalue weighted by atomic mass is 19.1. The van der Waals surface area contributed by atoms with Crippen LogP contribution in [0.25, 0.3) is 0 Å². The van der Waals surface area contributed by atoms with Gasteiger partial charge in [0.2, 0.25) is 0 Å². The molecule has 1 N–H and O–H groups in total. The van der Waals surface area contributed by atoms with Gasteiger partial charge >= 0.3 is 0 Å². The first-order valence-corrected chi connectivity index (χ1v) is 5.94. The molecule has 0 saturated heterocycles. The van der Waals surface area contributed by atoms with Gasteiger partial charge in [-0.3, -0.25) is 0 Å². The molecule has 90 valence electrons. The van der Waals surface area contributed by atoms with E-state index >= 15 is 0 Å². The number of aliphatic hydroxyl groups is 1. The highest BCUT2D eigenvalue weighted by molar-refractivity contribution is 5.22. The van der Waals surface area contributed by atoms with Gasteiger partial charge in [-0.2, -0.15) is 0 Å². The van der Waals surface area contributed by atoms with E-state index < -0.39 is 5.60 Å². The molecular formula is C14H21FO. The predicted octanol–water partition coefficient (Wildman–Crippen LogP) is 3.86. The molecule has 0 spiro atoms. The first-order valence-electron chi connectivity index (χ1n) is 5.94. The molecule has 2 heteroatoms. The second-order valence-corrected chi connectivity index (χ2v) is 4.88. The molecule has 0 aliphatic heterocycles. The van der Waals surface area contributed by atoms with Gasteiger partial charge in [0.25, 0.3) is 0 Å². The Morgan fingerprint density at radius 1 is 1.44 bits per heavy atom. The summed E-state index contributed by atoms with van der Waals surface area (Å²) in [5, 5.41) is 10.3. The third-order valence-electron chi connectivity index (χ3n) is 2.97. The van der Waals surface area contributed by atoms with E-state index in [9.17, 15) is 9.50 Å². The lowest BCUT2D eigenvalue weighted by Gasteiger charge is -2.27. The summed E-state index contributed by atoms with van der Waals surface area (Å²) in [6.07, 6.45) is 2.87. The zero-order chi connectivity index (χ0) is 12.2. The van der Waals surface area contributed by atoms with Crippen molar-refractivity contribution >= 4 is 0 Å². The molecule has 1 aromatic rings. The molecule has 0 aromatic heterocycles. The molecule has 16 heavy (non-hydrogen) atoms. The van der Waals surface area contributed by atoms with Crippen LogP contribution in [0.5, 0.6) is 0 Å². The van der Waals surface area contributed by atoms with E-state index in [2.05, 4.69) is 13.8 Å². The van der Waals surface area contributed by atoms with Crippen molar-refractivity contribution in [2.24, 2.45) is 5.92 Å². The molecule has 1 aromatic carbocycles. The van der Waals surface area contributed by atoms with E-state index in [1.54, 1.807) is 19.1 Å². The van der Waals surface area contributed by atoms with Crippen molar-refractivity contribution < 1.29 is 9.50 Å². The van der Waals surface area contributed by atoms with Crippen molar-refractivity contribution in [1.29, 1.82) is 0 Å². The van der Waals surface area contributed by atoms with E-state index in [1.807, 2.05) is 0 Å². The third kappa shape index (κ3) is 3.60. The molecule has 0 radical (unpaired) electrons. The standard InChI is InChI=1S/C14H21FO/c1-4-6-11(2)10-14(3,16)12-7-5-8-13(15)9-12/h5,7-9,11,16H,4,6,10H2,1-3H3. The first-order chi connectivity index (χ1) is 7.45. The van der Waals surface area contributed by atoms with Crippen molar-refractivity contribution in [2.45, 2.75) is 45.6 Å². The van der Waals surface area contributed by atoms with Crippen molar-refractivity contribution in [3.05, 3.63) is 35.6 Å². The van der Waals surface area contributed by atoms with Crippen LogP contribution in [-0.4, -0.2) is 5.11 Å². The fourth-order valence-electron chi connectivity index (χ4n) is 2.21. The van der Waals surface area contributed by atoms with Crippen LogP contribution in [0.3, 0.4) is 0 Å². The van der Waals surface area contributed by atoms with Gasteiger partial charge < -0.3 is 5.11 Å². The zero-order valence-corrected chi connectivity index (χ0v) is 10.3. The molecule has 0 aliphatic rings. The Morgan fingerprint density at radius 3 is 2.69 bits per heavy atom. The average molecular weight is 224 g/mol. The van der Waals surface area contributed by atoms with Gasteiger partial charge in [-0.25, -0.2) is 4.39 Å². The van der Waals surface area contributed by atoms with Gasteiger partial charge in [0, 0.05) is 0 Å². The van der Waals surface area contributed by atoms with E-state index in [0.29, 0.717) is 17.9 Å². The molecule has 2 atom stereocenters. The fraction of sp³-hybridized carbons (Fsp3) is 0.571. The summed E-state index contributed by atoms with van der Waals surface area (Å²) in [5.41, 5.74) is -0.271. The lowest BCUT2D eigenvalue weighted by molar-refractivity contribution is 0.0309. The Labute approximate surface area is 97.3 Å². The van der Waals surface area contributed by atoms with Crippen molar-refractivity contribution in [3.8, 4) is 0 Å². The molecular weight excluding hydrogens is 203 g/mol. The summed E-state index contributed by atoms with van der Waals surface area (Å²) in [4.78, 5) is 0. The van der Waals surface area contributed by atoms with Crippen molar-refractivity contribution in [2.75, 3.05) is 0 Å². The summed E-state index contributed by atoms with van der Waals surface area (Å²) in [6, 6.07) is 6.24. The quantitative estimate of drug-likeness (QED) is 0.805. The van der Waals surface area contributed by atoms with Crippen LogP contribution in [0.1, 0.15) is 45.6 Å². The van der Waals surface area contributed by atoms with E-state index in [1.165, 1.54) is 12.1 Å². The van der Waals surface area contributed by atoms with Crippen LogP contribution in [0.4, 0.5) is 4.39 Å². The van der Waals surface area contributed by atoms with Crippen LogP contribution in [0.2, 0.25) is 0 Å². The molecule has 1 rings (SSSR count). The first kappa shape index (κ1) is 13.2. The molecule has 0 fully saturated rings. The summed E-state index contributed by atoms with van der Waals surface area (Å²) >= 11 is 0. The molecule has 0 bridgehead atoms. The van der Waals surface area contributed by atoms with Gasteiger partial charge in [-0.15, -0.1) is 0 Å². The van der Waals surface area contributed by atoms with E-state index in [4.69, 9.17) is 0 Å². The monoisotopic (exact) mass is 224 g/mol. The second-order valence-electron chi connectivity index (χ2n) is 4.88. The van der Waals surface area contributed by atoms with E-state index in [0.717, 1.165) is 12.8 Å². The van der Waals surface area contributed by atoms with E-state index in [-0.39, 0.29) is 5.82 Å². The number of benzene rings is 1. The largest absolute Gasteiger partial charge is 0.385 e. The smallest absolute Gasteiger partial charge is 0.123 e. The average Bonchev–Trinajstić information content (AvgIpc) is 2.17. The summed E-state index contributed by atoms with van der Waals surface area (Å²) in [6.45, 7) is 6.01. The van der Waals surface area contributed by atoms with Crippen LogP contribution in [-0.2, 0) is 5.60 Å². The Morgan fingerprint density at radius 2 is 2.12 bits per heavy atom. The third-order valence-corrected chi connectivity index (χ3v) is 2.97. The van der Waals surface area contributed by atoms with Crippen LogP contribution in [0.15, 0.2) is 24.3 Å². The lowest BCUT2D eigenvalue weighted by atomic mass is 9.85. The Kier molecular flexibility index (Phi) is 4.48. The van der Waals surface area contributed by atoms with Gasteiger partial charge in [0.1, 0.15) is 5.82 Å². The maximum absolute atomic E-state index is 13.1. The second kappa shape index (κ2) is 5.44. The van der Waals surface area contributed by atoms with Crippen molar-refractivity contribution in [1.82, 2.24) is 0 Å². The minimum Gasteiger partial charge on any atom is -0.385 e. The number of rotatable bonds is 5. The van der Waals surface area contributed by atoms with Gasteiger partial charge in [-0.05, 0) is 37.0 Å². The van der Waals surface area contributed by atoms with Crippen LogP contribution < -0.4 is 0 Å². The molecule has 0 saturated carbocycles. The molecule has 0 heterocycles. The molecule has 2 unspecified atom stereocenters. The van der Waals surface area contributed by atoms with Crippen molar-refractivity contribution in [3.63, 3.8) is 0 Å².